The quantitative estimate of drug-likeness (QED) is 0.557. The van der Waals surface area contributed by atoms with Crippen LogP contribution in [0.2, 0.25) is 10.0 Å². The van der Waals surface area contributed by atoms with Crippen LogP contribution in [0.15, 0.2) is 42.6 Å². The maximum Gasteiger partial charge on any atom is 0.240 e. The molecule has 2 aromatic carbocycles. The van der Waals surface area contributed by atoms with Crippen LogP contribution < -0.4 is 10.2 Å². The minimum atomic E-state index is -0.226. The Bertz CT molecular complexity index is 1190. The van der Waals surface area contributed by atoms with Crippen molar-refractivity contribution < 1.29 is 9.90 Å². The van der Waals surface area contributed by atoms with Crippen molar-refractivity contribution >= 4 is 45.7 Å². The minimum absolute atomic E-state index is 0.0543. The van der Waals surface area contributed by atoms with Gasteiger partial charge in [-0.15, -0.1) is 0 Å². The van der Waals surface area contributed by atoms with E-state index in [1.54, 1.807) is 6.07 Å². The zero-order chi connectivity index (χ0) is 23.8. The Hall–Kier alpha value is -2.32. The van der Waals surface area contributed by atoms with Crippen molar-refractivity contribution in [3.63, 3.8) is 0 Å². The second-order valence-electron chi connectivity index (χ2n) is 9.14. The SMILES string of the molecule is CC(c1ccc(Cl)cc1Cl)n1ncc2ccc(N3CCN(C(=O)[C@H]4CCCN4)[C@H](CO)C3)cc21. The van der Waals surface area contributed by atoms with Crippen LogP contribution in [-0.2, 0) is 4.79 Å². The van der Waals surface area contributed by atoms with Crippen molar-refractivity contribution in [3.8, 4) is 0 Å². The number of fused-ring (bicyclic) bond motifs is 1. The highest BCUT2D eigenvalue weighted by Gasteiger charge is 2.35. The summed E-state index contributed by atoms with van der Waals surface area (Å²) in [5.41, 5.74) is 3.01. The molecule has 180 valence electrons. The number of carbonyl (C=O) groups excluding carboxylic acids is 1. The van der Waals surface area contributed by atoms with Crippen molar-refractivity contribution in [2.75, 3.05) is 37.7 Å². The summed E-state index contributed by atoms with van der Waals surface area (Å²) in [5, 5.41) is 20.3. The molecular weight excluding hydrogens is 473 g/mol. The lowest BCUT2D eigenvalue weighted by Crippen LogP contribution is -2.59. The molecule has 3 heterocycles. The molecule has 0 aliphatic carbocycles. The highest BCUT2D eigenvalue weighted by Crippen LogP contribution is 2.32. The molecule has 0 saturated carbocycles. The first kappa shape index (κ1) is 23.4. The van der Waals surface area contributed by atoms with E-state index in [4.69, 9.17) is 23.2 Å². The molecule has 9 heteroatoms. The fraction of sp³-hybridized carbons (Fsp3) is 0.440. The molecule has 5 rings (SSSR count). The van der Waals surface area contributed by atoms with Gasteiger partial charge in [0.25, 0.3) is 0 Å². The number of anilines is 1. The number of aromatic nitrogens is 2. The molecule has 2 aliphatic rings. The fourth-order valence-corrected chi connectivity index (χ4v) is 5.70. The van der Waals surface area contributed by atoms with E-state index in [0.29, 0.717) is 29.7 Å². The van der Waals surface area contributed by atoms with Crippen molar-refractivity contribution in [1.29, 1.82) is 0 Å². The predicted octanol–water partition coefficient (Wildman–Crippen LogP) is 3.71. The Morgan fingerprint density at radius 1 is 1.24 bits per heavy atom. The predicted molar refractivity (Wildman–Crippen MR) is 136 cm³/mol. The summed E-state index contributed by atoms with van der Waals surface area (Å²) in [7, 11) is 0. The van der Waals surface area contributed by atoms with Crippen LogP contribution in [0.4, 0.5) is 5.69 Å². The van der Waals surface area contributed by atoms with Crippen LogP contribution in [0.1, 0.15) is 31.4 Å². The summed E-state index contributed by atoms with van der Waals surface area (Å²) in [5.74, 6) is 0.110. The Kier molecular flexibility index (Phi) is 6.71. The standard InChI is InChI=1S/C25H29Cl2N5O2/c1-16(21-7-5-18(26)11-22(21)27)32-24-12-19(6-4-17(24)13-29-32)30-9-10-31(20(14-30)15-33)25(34)23-3-2-8-28-23/h4-7,11-13,16,20,23,28,33H,2-3,8-10,14-15H2,1H3/t16?,20-,23+/m0/s1. The lowest BCUT2D eigenvalue weighted by Gasteiger charge is -2.42. The molecule has 3 atom stereocenters. The van der Waals surface area contributed by atoms with Crippen LogP contribution in [0.5, 0.6) is 0 Å². The van der Waals surface area contributed by atoms with Crippen molar-refractivity contribution in [2.24, 2.45) is 0 Å². The summed E-state index contributed by atoms with van der Waals surface area (Å²) in [6, 6.07) is 11.4. The van der Waals surface area contributed by atoms with Gasteiger partial charge in [-0.25, -0.2) is 0 Å². The highest BCUT2D eigenvalue weighted by atomic mass is 35.5. The topological polar surface area (TPSA) is 73.6 Å². The maximum absolute atomic E-state index is 13.0. The number of nitrogens with one attached hydrogen (secondary N) is 1. The van der Waals surface area contributed by atoms with Crippen LogP contribution in [0.25, 0.3) is 10.9 Å². The van der Waals surface area contributed by atoms with Gasteiger partial charge in [-0.3, -0.25) is 9.48 Å². The van der Waals surface area contributed by atoms with Gasteiger partial charge in [0.15, 0.2) is 0 Å². The molecule has 1 amide bonds. The number of halogens is 2. The maximum atomic E-state index is 13.0. The zero-order valence-electron chi connectivity index (χ0n) is 19.1. The number of nitrogens with zero attached hydrogens (tertiary/aromatic N) is 4. The molecule has 7 nitrogen and oxygen atoms in total. The third-order valence-corrected chi connectivity index (χ3v) is 7.62. The Morgan fingerprint density at radius 2 is 2.09 bits per heavy atom. The summed E-state index contributed by atoms with van der Waals surface area (Å²) >= 11 is 12.6. The highest BCUT2D eigenvalue weighted by molar-refractivity contribution is 6.35. The van der Waals surface area contributed by atoms with Crippen LogP contribution in [-0.4, -0.2) is 70.6 Å². The van der Waals surface area contributed by atoms with Crippen LogP contribution >= 0.6 is 23.2 Å². The number of amides is 1. The van der Waals surface area contributed by atoms with Crippen molar-refractivity contribution in [2.45, 2.75) is 37.9 Å². The van der Waals surface area contributed by atoms with Crippen LogP contribution in [0, 0.1) is 0 Å². The Labute approximate surface area is 209 Å². The van der Waals surface area contributed by atoms with E-state index in [0.717, 1.165) is 41.5 Å². The van der Waals surface area contributed by atoms with Gasteiger partial charge < -0.3 is 20.2 Å². The average molecular weight is 502 g/mol. The molecule has 0 bridgehead atoms. The van der Waals surface area contributed by atoms with Crippen molar-refractivity contribution in [3.05, 3.63) is 58.2 Å². The number of benzene rings is 2. The summed E-state index contributed by atoms with van der Waals surface area (Å²) < 4.78 is 1.98. The molecule has 34 heavy (non-hydrogen) atoms. The van der Waals surface area contributed by atoms with E-state index < -0.39 is 0 Å². The van der Waals surface area contributed by atoms with E-state index in [2.05, 4.69) is 40.4 Å². The first-order valence-electron chi connectivity index (χ1n) is 11.8. The molecule has 1 aromatic heterocycles. The van der Waals surface area contributed by atoms with E-state index in [1.165, 1.54) is 0 Å². The molecular formula is C25H29Cl2N5O2. The molecule has 2 fully saturated rings. The molecule has 2 N–H and O–H groups in total. The number of piperazine rings is 1. The van der Waals surface area contributed by atoms with Crippen molar-refractivity contribution in [1.82, 2.24) is 20.0 Å². The first-order valence-corrected chi connectivity index (χ1v) is 12.5. The zero-order valence-corrected chi connectivity index (χ0v) is 20.6. The fourth-order valence-electron chi connectivity index (χ4n) is 5.14. The first-order chi connectivity index (χ1) is 16.5. The number of aliphatic hydroxyl groups is 1. The number of carbonyl (C=O) groups is 1. The van der Waals surface area contributed by atoms with Gasteiger partial charge in [-0.1, -0.05) is 29.3 Å². The van der Waals surface area contributed by atoms with Gasteiger partial charge in [0.2, 0.25) is 5.91 Å². The summed E-state index contributed by atoms with van der Waals surface area (Å²) in [4.78, 5) is 17.1. The summed E-state index contributed by atoms with van der Waals surface area (Å²) in [6.07, 6.45) is 3.75. The van der Waals surface area contributed by atoms with Gasteiger partial charge in [-0.05, 0) is 62.2 Å². The molecule has 0 radical (unpaired) electrons. The number of hydrogen-bond donors (Lipinski definition) is 2. The van der Waals surface area contributed by atoms with Gasteiger partial charge >= 0.3 is 0 Å². The smallest absolute Gasteiger partial charge is 0.240 e. The van der Waals surface area contributed by atoms with E-state index in [1.807, 2.05) is 27.9 Å². The lowest BCUT2D eigenvalue weighted by molar-refractivity contribution is -0.136. The van der Waals surface area contributed by atoms with Gasteiger partial charge in [0, 0.05) is 40.8 Å². The number of rotatable bonds is 5. The number of hydrogen-bond acceptors (Lipinski definition) is 5. The van der Waals surface area contributed by atoms with Gasteiger partial charge in [0.05, 0.1) is 36.4 Å². The molecule has 3 aromatic rings. The Morgan fingerprint density at radius 3 is 2.82 bits per heavy atom. The van der Waals surface area contributed by atoms with E-state index in [9.17, 15) is 9.90 Å². The third kappa shape index (κ3) is 4.38. The summed E-state index contributed by atoms with van der Waals surface area (Å²) in [6.45, 7) is 4.79. The normalized spacial score (nSPS) is 21.9. The second-order valence-corrected chi connectivity index (χ2v) is 9.98. The average Bonchev–Trinajstić information content (AvgIpc) is 3.53. The Balaban J connectivity index is 1.39. The number of aliphatic hydroxyl groups excluding tert-OH is 1. The molecule has 0 spiro atoms. The minimum Gasteiger partial charge on any atom is -0.394 e. The molecule has 2 aliphatic heterocycles. The second kappa shape index (κ2) is 9.74. The third-order valence-electron chi connectivity index (χ3n) is 7.06. The monoisotopic (exact) mass is 501 g/mol. The van der Waals surface area contributed by atoms with Gasteiger partial charge in [-0.2, -0.15) is 5.10 Å². The lowest BCUT2D eigenvalue weighted by atomic mass is 10.1. The van der Waals surface area contributed by atoms with Gasteiger partial charge in [0.1, 0.15) is 0 Å². The van der Waals surface area contributed by atoms with Crippen LogP contribution in [0.3, 0.4) is 0 Å². The largest absolute Gasteiger partial charge is 0.394 e. The molecule has 1 unspecified atom stereocenters. The van der Waals surface area contributed by atoms with E-state index >= 15 is 0 Å². The molecule has 2 saturated heterocycles. The van der Waals surface area contributed by atoms with E-state index in [-0.39, 0.29) is 30.6 Å².